The van der Waals surface area contributed by atoms with Gasteiger partial charge in [-0.15, -0.1) is 0 Å². The van der Waals surface area contributed by atoms with Gasteiger partial charge in [0.15, 0.2) is 10.9 Å². The van der Waals surface area contributed by atoms with Crippen molar-refractivity contribution < 1.29 is 0 Å². The summed E-state index contributed by atoms with van der Waals surface area (Å²) in [5, 5.41) is 16.0. The highest BCUT2D eigenvalue weighted by Crippen LogP contribution is 2.17. The minimum atomic E-state index is 0.0688. The summed E-state index contributed by atoms with van der Waals surface area (Å²) in [6.45, 7) is 9.95. The third-order valence-corrected chi connectivity index (χ3v) is 4.95. The molecule has 1 aromatic carbocycles. The normalized spacial score (nSPS) is 12.0. The molecular formula is C20H26N6S. The number of hydrogen-bond donors (Lipinski definition) is 2. The lowest BCUT2D eigenvalue weighted by Gasteiger charge is -2.16. The molecule has 2 aromatic heterocycles. The summed E-state index contributed by atoms with van der Waals surface area (Å²) in [5.74, 6) is 0.731. The van der Waals surface area contributed by atoms with E-state index in [0.717, 1.165) is 30.2 Å². The number of rotatable bonds is 6. The fraction of sp³-hybridized carbons (Fsp3) is 0.350. The molecule has 0 fully saturated rings. The van der Waals surface area contributed by atoms with Crippen LogP contribution in [0.25, 0.3) is 0 Å². The summed E-state index contributed by atoms with van der Waals surface area (Å²) in [6.07, 6.45) is 3.85. The first kappa shape index (κ1) is 19.1. The van der Waals surface area contributed by atoms with Crippen LogP contribution in [0.2, 0.25) is 0 Å². The zero-order chi connectivity index (χ0) is 19.4. The molecule has 142 valence electrons. The lowest BCUT2D eigenvalue weighted by molar-refractivity contribution is 0.632. The fourth-order valence-electron chi connectivity index (χ4n) is 3.11. The van der Waals surface area contributed by atoms with Gasteiger partial charge in [-0.1, -0.05) is 24.3 Å². The van der Waals surface area contributed by atoms with Gasteiger partial charge in [0.1, 0.15) is 0 Å². The molecule has 0 saturated heterocycles. The predicted octanol–water partition coefficient (Wildman–Crippen LogP) is 3.81. The third-order valence-electron chi connectivity index (χ3n) is 4.73. The van der Waals surface area contributed by atoms with Crippen molar-refractivity contribution in [1.29, 1.82) is 0 Å². The van der Waals surface area contributed by atoms with E-state index < -0.39 is 0 Å². The van der Waals surface area contributed by atoms with Gasteiger partial charge in [0.05, 0.1) is 18.8 Å². The molecule has 0 spiro atoms. The van der Waals surface area contributed by atoms with Crippen LogP contribution >= 0.6 is 12.2 Å². The number of anilines is 1. The first-order chi connectivity index (χ1) is 13.0. The Bertz CT molecular complexity index is 926. The Morgan fingerprint density at radius 3 is 2.70 bits per heavy atom. The minimum absolute atomic E-state index is 0.0688. The van der Waals surface area contributed by atoms with Gasteiger partial charge in [0, 0.05) is 30.1 Å². The predicted molar refractivity (Wildman–Crippen MR) is 113 cm³/mol. The van der Waals surface area contributed by atoms with Crippen molar-refractivity contribution in [1.82, 2.24) is 24.9 Å². The Labute approximate surface area is 165 Å². The van der Waals surface area contributed by atoms with Crippen LogP contribution in [-0.2, 0) is 13.1 Å². The van der Waals surface area contributed by atoms with Crippen molar-refractivity contribution >= 4 is 23.1 Å². The Morgan fingerprint density at radius 2 is 2.00 bits per heavy atom. The van der Waals surface area contributed by atoms with Crippen LogP contribution in [0.5, 0.6) is 0 Å². The first-order valence-corrected chi connectivity index (χ1v) is 9.56. The number of aryl methyl sites for hydroxylation is 2. The Balaban J connectivity index is 1.59. The smallest absolute Gasteiger partial charge is 0.172 e. The number of benzene rings is 1. The van der Waals surface area contributed by atoms with E-state index in [2.05, 4.69) is 60.7 Å². The van der Waals surface area contributed by atoms with Gasteiger partial charge in [-0.05, 0) is 51.0 Å². The molecular weight excluding hydrogens is 356 g/mol. The van der Waals surface area contributed by atoms with Crippen LogP contribution in [0.4, 0.5) is 5.82 Å². The van der Waals surface area contributed by atoms with E-state index in [-0.39, 0.29) is 6.04 Å². The van der Waals surface area contributed by atoms with E-state index in [9.17, 15) is 0 Å². The van der Waals surface area contributed by atoms with Crippen molar-refractivity contribution in [3.8, 4) is 0 Å². The van der Waals surface area contributed by atoms with E-state index in [4.69, 9.17) is 12.2 Å². The van der Waals surface area contributed by atoms with Gasteiger partial charge in [-0.3, -0.25) is 9.36 Å². The van der Waals surface area contributed by atoms with Crippen LogP contribution in [0, 0.1) is 13.8 Å². The molecule has 1 atom stereocenters. The van der Waals surface area contributed by atoms with E-state index >= 15 is 0 Å². The van der Waals surface area contributed by atoms with Crippen LogP contribution in [0.1, 0.15) is 42.3 Å². The van der Waals surface area contributed by atoms with Crippen molar-refractivity contribution in [2.45, 2.75) is 46.8 Å². The second kappa shape index (κ2) is 8.35. The quantitative estimate of drug-likeness (QED) is 0.635. The zero-order valence-electron chi connectivity index (χ0n) is 16.2. The van der Waals surface area contributed by atoms with Crippen LogP contribution in [-0.4, -0.2) is 24.7 Å². The summed E-state index contributed by atoms with van der Waals surface area (Å²) in [4.78, 5) is 0. The molecule has 1 unspecified atom stereocenters. The maximum atomic E-state index is 5.45. The number of thiocarbonyl (C=S) groups is 1. The molecule has 0 bridgehead atoms. The summed E-state index contributed by atoms with van der Waals surface area (Å²) in [6, 6.07) is 10.3. The molecule has 27 heavy (non-hydrogen) atoms. The molecule has 3 rings (SSSR count). The number of nitrogens with zero attached hydrogens (tertiary/aromatic N) is 4. The molecule has 0 aliphatic carbocycles. The monoisotopic (exact) mass is 382 g/mol. The second-order valence-electron chi connectivity index (χ2n) is 6.65. The average Bonchev–Trinajstić information content (AvgIpc) is 3.22. The molecule has 2 N–H and O–H groups in total. The maximum absolute atomic E-state index is 5.45. The summed E-state index contributed by atoms with van der Waals surface area (Å²) < 4.78 is 3.89. The van der Waals surface area contributed by atoms with Gasteiger partial charge in [-0.2, -0.15) is 10.2 Å². The zero-order valence-corrected chi connectivity index (χ0v) is 17.0. The minimum Gasteiger partial charge on any atom is -0.356 e. The lowest BCUT2D eigenvalue weighted by Crippen LogP contribution is -2.31. The topological polar surface area (TPSA) is 59.7 Å². The molecule has 0 saturated carbocycles. The summed E-state index contributed by atoms with van der Waals surface area (Å²) in [7, 11) is 0. The Morgan fingerprint density at radius 1 is 1.22 bits per heavy atom. The summed E-state index contributed by atoms with van der Waals surface area (Å²) in [5.41, 5.74) is 4.82. The highest BCUT2D eigenvalue weighted by molar-refractivity contribution is 7.80. The molecule has 3 aromatic rings. The standard InChI is InChI=1S/C20H26N6S/c1-5-26-16(4)18(12-21-26)15(3)22-20(27)23-19-10-11-25(24-19)13-17-9-7-6-8-14(17)2/h6-12,15H,5,13H2,1-4H3,(H2,22,23,24,27). The third kappa shape index (κ3) is 4.54. The Kier molecular flexibility index (Phi) is 5.91. The van der Waals surface area contributed by atoms with Gasteiger partial charge >= 0.3 is 0 Å². The second-order valence-corrected chi connectivity index (χ2v) is 7.05. The van der Waals surface area contributed by atoms with Gasteiger partial charge in [0.2, 0.25) is 0 Å². The van der Waals surface area contributed by atoms with Crippen molar-refractivity contribution in [2.24, 2.45) is 0 Å². The Hall–Kier alpha value is -2.67. The average molecular weight is 383 g/mol. The highest BCUT2D eigenvalue weighted by Gasteiger charge is 2.14. The van der Waals surface area contributed by atoms with E-state index in [1.54, 1.807) is 0 Å². The van der Waals surface area contributed by atoms with E-state index in [0.29, 0.717) is 5.11 Å². The molecule has 0 aliphatic rings. The molecule has 7 heteroatoms. The van der Waals surface area contributed by atoms with Crippen molar-refractivity contribution in [3.63, 3.8) is 0 Å². The van der Waals surface area contributed by atoms with Crippen LogP contribution in [0.15, 0.2) is 42.7 Å². The summed E-state index contributed by atoms with van der Waals surface area (Å²) >= 11 is 5.45. The number of nitrogens with one attached hydrogen (secondary N) is 2. The van der Waals surface area contributed by atoms with Crippen molar-refractivity contribution in [3.05, 3.63) is 65.1 Å². The highest BCUT2D eigenvalue weighted by atomic mass is 32.1. The van der Waals surface area contributed by atoms with Gasteiger partial charge < -0.3 is 10.6 Å². The van der Waals surface area contributed by atoms with E-state index in [1.807, 2.05) is 40.0 Å². The largest absolute Gasteiger partial charge is 0.356 e. The maximum Gasteiger partial charge on any atom is 0.172 e. The van der Waals surface area contributed by atoms with Crippen molar-refractivity contribution in [2.75, 3.05) is 5.32 Å². The molecule has 0 aliphatic heterocycles. The fourth-order valence-corrected chi connectivity index (χ4v) is 3.39. The first-order valence-electron chi connectivity index (χ1n) is 9.15. The molecule has 6 nitrogen and oxygen atoms in total. The molecule has 0 amide bonds. The SMILES string of the molecule is CCn1ncc(C(C)NC(=S)Nc2ccn(Cc3ccccc3C)n2)c1C. The molecule has 2 heterocycles. The number of aromatic nitrogens is 4. The van der Waals surface area contributed by atoms with Gasteiger partial charge in [-0.25, -0.2) is 0 Å². The number of hydrogen-bond acceptors (Lipinski definition) is 3. The van der Waals surface area contributed by atoms with Crippen LogP contribution in [0.3, 0.4) is 0 Å². The molecule has 0 radical (unpaired) electrons. The lowest BCUT2D eigenvalue weighted by atomic mass is 10.1. The van der Waals surface area contributed by atoms with Crippen LogP contribution < -0.4 is 10.6 Å². The van der Waals surface area contributed by atoms with E-state index in [1.165, 1.54) is 11.1 Å². The van der Waals surface area contributed by atoms with Gasteiger partial charge in [0.25, 0.3) is 0 Å².